The van der Waals surface area contributed by atoms with Gasteiger partial charge in [-0.15, -0.1) is 0 Å². The van der Waals surface area contributed by atoms with Crippen LogP contribution in [0.2, 0.25) is 0 Å². The van der Waals surface area contributed by atoms with E-state index in [2.05, 4.69) is 34.6 Å². The van der Waals surface area contributed by atoms with Gasteiger partial charge in [-0.3, -0.25) is 37.3 Å². The Hall–Kier alpha value is -1.94. The predicted molar refractivity (Wildman–Crippen MR) is 363 cm³/mol. The van der Waals surface area contributed by atoms with Gasteiger partial charge in [-0.25, -0.2) is 9.13 Å². The second kappa shape index (κ2) is 64.4. The summed E-state index contributed by atoms with van der Waals surface area (Å²) in [5.74, 6) is -1.39. The zero-order valence-corrected chi connectivity index (χ0v) is 60.1. The number of ether oxygens (including phenoxy) is 4. The maximum absolute atomic E-state index is 13.0. The number of unbranched alkanes of at least 4 members (excludes halogenated alkanes) is 43. The van der Waals surface area contributed by atoms with Crippen LogP contribution in [0.1, 0.15) is 369 Å². The molecule has 0 amide bonds. The highest BCUT2D eigenvalue weighted by Crippen LogP contribution is 2.45. The van der Waals surface area contributed by atoms with E-state index in [4.69, 9.17) is 37.0 Å². The molecule has 0 aliphatic carbocycles. The summed E-state index contributed by atoms with van der Waals surface area (Å²) in [4.78, 5) is 72.5. The maximum atomic E-state index is 13.0. The quantitative estimate of drug-likeness (QED) is 0.0222. The monoisotopic (exact) mass is 1320 g/mol. The van der Waals surface area contributed by atoms with Crippen LogP contribution in [0, 0.1) is 5.92 Å². The third-order valence-electron chi connectivity index (χ3n) is 16.5. The highest BCUT2D eigenvalue weighted by atomic mass is 31.2. The summed E-state index contributed by atoms with van der Waals surface area (Å²) >= 11 is 0. The van der Waals surface area contributed by atoms with Crippen molar-refractivity contribution >= 4 is 39.5 Å². The van der Waals surface area contributed by atoms with E-state index in [1.54, 1.807) is 0 Å². The van der Waals surface area contributed by atoms with Crippen LogP contribution in [0.15, 0.2) is 0 Å². The Morgan fingerprint density at radius 1 is 0.300 bits per heavy atom. The summed E-state index contributed by atoms with van der Waals surface area (Å²) in [6, 6.07) is 0. The highest BCUT2D eigenvalue weighted by Gasteiger charge is 2.30. The Labute approximate surface area is 549 Å². The van der Waals surface area contributed by atoms with Gasteiger partial charge in [-0.05, 0) is 31.6 Å². The van der Waals surface area contributed by atoms with E-state index < -0.39 is 97.5 Å². The fourth-order valence-electron chi connectivity index (χ4n) is 10.8. The van der Waals surface area contributed by atoms with Crippen molar-refractivity contribution in [2.75, 3.05) is 39.6 Å². The Morgan fingerprint density at radius 2 is 0.511 bits per heavy atom. The molecule has 0 rings (SSSR count). The number of esters is 4. The molecule has 0 radical (unpaired) electrons. The first-order chi connectivity index (χ1) is 43.5. The molecule has 90 heavy (non-hydrogen) atoms. The van der Waals surface area contributed by atoms with Gasteiger partial charge in [0.1, 0.15) is 19.3 Å². The van der Waals surface area contributed by atoms with Crippen LogP contribution in [0.3, 0.4) is 0 Å². The molecule has 0 heterocycles. The second-order valence-corrected chi connectivity index (χ2v) is 29.0. The first-order valence-electron chi connectivity index (χ1n) is 37.1. The van der Waals surface area contributed by atoms with Gasteiger partial charge in [0.15, 0.2) is 12.2 Å². The van der Waals surface area contributed by atoms with Crippen LogP contribution < -0.4 is 0 Å². The Morgan fingerprint density at radius 3 is 0.756 bits per heavy atom. The van der Waals surface area contributed by atoms with E-state index in [0.717, 1.165) is 95.8 Å². The van der Waals surface area contributed by atoms with Crippen molar-refractivity contribution in [1.82, 2.24) is 0 Å². The summed E-state index contributed by atoms with van der Waals surface area (Å²) in [7, 11) is -9.90. The minimum atomic E-state index is -4.95. The van der Waals surface area contributed by atoms with Gasteiger partial charge in [-0.2, -0.15) is 0 Å². The Balaban J connectivity index is 5.21. The molecule has 5 atom stereocenters. The molecule has 0 saturated carbocycles. The third kappa shape index (κ3) is 64.8. The third-order valence-corrected chi connectivity index (χ3v) is 18.4. The van der Waals surface area contributed by atoms with Crippen LogP contribution in [0.4, 0.5) is 0 Å². The van der Waals surface area contributed by atoms with Crippen LogP contribution in [-0.4, -0.2) is 96.7 Å². The fourth-order valence-corrected chi connectivity index (χ4v) is 12.4. The number of phosphoric ester groups is 2. The molecule has 3 N–H and O–H groups in total. The zero-order chi connectivity index (χ0) is 66.3. The van der Waals surface area contributed by atoms with Crippen LogP contribution >= 0.6 is 15.6 Å². The smallest absolute Gasteiger partial charge is 0.462 e. The molecule has 0 aromatic heterocycles. The van der Waals surface area contributed by atoms with Gasteiger partial charge >= 0.3 is 39.5 Å². The summed E-state index contributed by atoms with van der Waals surface area (Å²) in [5, 5.41) is 10.6. The van der Waals surface area contributed by atoms with E-state index in [0.29, 0.717) is 25.7 Å². The topological polar surface area (TPSA) is 237 Å². The standard InChI is InChI=1S/C71H138O17P2/c1-6-9-12-15-18-21-24-25-26-27-28-29-30-32-35-42-47-52-57-71(76)88-67(61-82-69(74)55-50-45-40-37-36-38-43-48-53-64(4)5)63-86-90(79,80)84-59-65(72)58-83-89(77,78)85-62-66(60-81-68(73)54-49-44-39-33-23-20-17-14-11-8-3)87-70(75)56-51-46-41-34-31-22-19-16-13-10-7-2/h64-67,72H,6-63H2,1-5H3,(H,77,78)(H,79,80)/t65-,66+,67+/m0/s1. The molecule has 0 aliphatic rings. The molecule has 0 aromatic carbocycles. The highest BCUT2D eigenvalue weighted by molar-refractivity contribution is 7.47. The number of aliphatic hydroxyl groups is 1. The molecule has 0 saturated heterocycles. The fraction of sp³-hybridized carbons (Fsp3) is 0.944. The Kier molecular flexibility index (Phi) is 63.0. The molecule has 534 valence electrons. The van der Waals surface area contributed by atoms with Crippen LogP contribution in [0.5, 0.6) is 0 Å². The van der Waals surface area contributed by atoms with Crippen molar-refractivity contribution in [2.45, 2.75) is 387 Å². The average molecular weight is 1330 g/mol. The molecular weight excluding hydrogens is 1190 g/mol. The van der Waals surface area contributed by atoms with Gasteiger partial charge in [-0.1, -0.05) is 317 Å². The largest absolute Gasteiger partial charge is 0.472 e. The van der Waals surface area contributed by atoms with Gasteiger partial charge in [0.2, 0.25) is 0 Å². The van der Waals surface area contributed by atoms with Gasteiger partial charge in [0.25, 0.3) is 0 Å². The van der Waals surface area contributed by atoms with Crippen molar-refractivity contribution in [2.24, 2.45) is 5.92 Å². The molecule has 0 fully saturated rings. The number of carbonyl (C=O) groups excluding carboxylic acids is 4. The molecule has 19 heteroatoms. The predicted octanol–water partition coefficient (Wildman–Crippen LogP) is 20.5. The summed E-state index contributed by atoms with van der Waals surface area (Å²) in [6.45, 7) is 7.21. The summed E-state index contributed by atoms with van der Waals surface area (Å²) in [5.41, 5.74) is 0. The van der Waals surface area contributed by atoms with Crippen LogP contribution in [0.25, 0.3) is 0 Å². The second-order valence-electron chi connectivity index (χ2n) is 26.1. The van der Waals surface area contributed by atoms with E-state index in [1.165, 1.54) is 193 Å². The van der Waals surface area contributed by atoms with Crippen molar-refractivity contribution in [3.63, 3.8) is 0 Å². The number of hydrogen-bond acceptors (Lipinski definition) is 15. The molecule has 0 aromatic rings. The Bertz CT molecular complexity index is 1740. The molecule has 0 bridgehead atoms. The minimum Gasteiger partial charge on any atom is -0.462 e. The molecule has 0 aliphatic heterocycles. The lowest BCUT2D eigenvalue weighted by Crippen LogP contribution is -2.30. The first-order valence-corrected chi connectivity index (χ1v) is 40.1. The number of phosphoric acid groups is 2. The number of hydrogen-bond donors (Lipinski definition) is 3. The van der Waals surface area contributed by atoms with Crippen LogP contribution in [-0.2, 0) is 65.4 Å². The number of carbonyl (C=O) groups is 4. The lowest BCUT2D eigenvalue weighted by molar-refractivity contribution is -0.161. The lowest BCUT2D eigenvalue weighted by atomic mass is 10.0. The van der Waals surface area contributed by atoms with Crippen molar-refractivity contribution in [3.8, 4) is 0 Å². The molecular formula is C71H138O17P2. The average Bonchev–Trinajstić information content (AvgIpc) is 3.73. The van der Waals surface area contributed by atoms with Crippen molar-refractivity contribution in [1.29, 1.82) is 0 Å². The lowest BCUT2D eigenvalue weighted by Gasteiger charge is -2.21. The van der Waals surface area contributed by atoms with Gasteiger partial charge < -0.3 is 33.8 Å². The summed E-state index contributed by atoms with van der Waals surface area (Å²) in [6.07, 6.45) is 51.3. The van der Waals surface area contributed by atoms with E-state index in [-0.39, 0.29) is 25.7 Å². The SMILES string of the molecule is CCCCCCCCCCCCCCCCCCCCC(=O)O[C@H](COC(=O)CCCCCCCCCCC(C)C)COP(=O)(O)OC[C@@H](O)COP(=O)(O)OC[C@@H](COC(=O)CCCCCCCCCCCC)OC(=O)CCCCCCCCCCCCC. The van der Waals surface area contributed by atoms with E-state index in [1.807, 2.05) is 0 Å². The minimum absolute atomic E-state index is 0.107. The van der Waals surface area contributed by atoms with E-state index in [9.17, 15) is 43.2 Å². The number of aliphatic hydroxyl groups excluding tert-OH is 1. The first kappa shape index (κ1) is 88.1. The van der Waals surface area contributed by atoms with Crippen molar-refractivity contribution in [3.05, 3.63) is 0 Å². The summed E-state index contributed by atoms with van der Waals surface area (Å²) < 4.78 is 68.3. The van der Waals surface area contributed by atoms with Gasteiger partial charge in [0.05, 0.1) is 26.4 Å². The molecule has 0 spiro atoms. The molecule has 2 unspecified atom stereocenters. The normalized spacial score (nSPS) is 14.1. The maximum Gasteiger partial charge on any atom is 0.472 e. The zero-order valence-electron chi connectivity index (χ0n) is 58.3. The van der Waals surface area contributed by atoms with E-state index >= 15 is 0 Å². The van der Waals surface area contributed by atoms with Crippen molar-refractivity contribution < 1.29 is 80.2 Å². The van der Waals surface area contributed by atoms with Gasteiger partial charge in [0, 0.05) is 25.7 Å². The molecule has 17 nitrogen and oxygen atoms in total. The number of rotatable bonds is 71.